The highest BCUT2D eigenvalue weighted by molar-refractivity contribution is 6.08. The van der Waals surface area contributed by atoms with Gasteiger partial charge in [-0.15, -0.1) is 0 Å². The first-order valence-corrected chi connectivity index (χ1v) is 9.71. The zero-order valence-corrected chi connectivity index (χ0v) is 17.3. The SMILES string of the molecule is COc1cc(NC(=O)/C=C/c2cccc([N+](=O)[O-])c2)c(C(=O)N2CCCC2)cc1OC. The van der Waals surface area contributed by atoms with Gasteiger partial charge < -0.3 is 19.7 Å². The van der Waals surface area contributed by atoms with Gasteiger partial charge in [0.05, 0.1) is 30.4 Å². The van der Waals surface area contributed by atoms with Crippen LogP contribution in [0.2, 0.25) is 0 Å². The number of benzene rings is 2. The monoisotopic (exact) mass is 425 g/mol. The third-order valence-electron chi connectivity index (χ3n) is 4.91. The molecule has 0 aliphatic carbocycles. The number of hydrogen-bond acceptors (Lipinski definition) is 6. The Kier molecular flexibility index (Phi) is 6.86. The van der Waals surface area contributed by atoms with Crippen LogP contribution in [-0.2, 0) is 4.79 Å². The number of non-ortho nitro benzene ring substituents is 1. The molecule has 0 radical (unpaired) electrons. The molecule has 9 heteroatoms. The van der Waals surface area contributed by atoms with Gasteiger partial charge in [-0.05, 0) is 30.5 Å². The van der Waals surface area contributed by atoms with Crippen LogP contribution in [0, 0.1) is 10.1 Å². The number of anilines is 1. The predicted octanol–water partition coefficient (Wildman–Crippen LogP) is 3.50. The third-order valence-corrected chi connectivity index (χ3v) is 4.91. The van der Waals surface area contributed by atoms with Crippen LogP contribution in [0.15, 0.2) is 42.5 Å². The number of likely N-dealkylation sites (tertiary alicyclic amines) is 1. The molecule has 0 spiro atoms. The maximum Gasteiger partial charge on any atom is 0.270 e. The Morgan fingerprint density at radius 3 is 2.42 bits per heavy atom. The first kappa shape index (κ1) is 21.8. The van der Waals surface area contributed by atoms with Gasteiger partial charge in [-0.3, -0.25) is 19.7 Å². The first-order valence-electron chi connectivity index (χ1n) is 9.71. The Balaban J connectivity index is 1.86. The van der Waals surface area contributed by atoms with Crippen LogP contribution >= 0.6 is 0 Å². The van der Waals surface area contributed by atoms with Crippen LogP contribution in [0.3, 0.4) is 0 Å². The number of carbonyl (C=O) groups is 2. The van der Waals surface area contributed by atoms with Crippen LogP contribution in [0.4, 0.5) is 11.4 Å². The molecule has 1 heterocycles. The number of amides is 2. The fourth-order valence-corrected chi connectivity index (χ4v) is 3.34. The molecule has 1 saturated heterocycles. The molecular formula is C22H23N3O6. The summed E-state index contributed by atoms with van der Waals surface area (Å²) in [4.78, 5) is 37.6. The van der Waals surface area contributed by atoms with Crippen molar-refractivity contribution in [3.63, 3.8) is 0 Å². The minimum absolute atomic E-state index is 0.0686. The normalized spacial score (nSPS) is 13.3. The highest BCUT2D eigenvalue weighted by Gasteiger charge is 2.24. The summed E-state index contributed by atoms with van der Waals surface area (Å²) in [5, 5.41) is 13.6. The summed E-state index contributed by atoms with van der Waals surface area (Å²) in [6, 6.07) is 9.02. The Hall–Kier alpha value is -3.88. The number of rotatable bonds is 7. The zero-order chi connectivity index (χ0) is 22.4. The van der Waals surface area contributed by atoms with Gasteiger partial charge in [0.1, 0.15) is 0 Å². The summed E-state index contributed by atoms with van der Waals surface area (Å²) in [6.07, 6.45) is 4.59. The summed E-state index contributed by atoms with van der Waals surface area (Å²) >= 11 is 0. The molecule has 1 N–H and O–H groups in total. The number of methoxy groups -OCH3 is 2. The molecule has 0 unspecified atom stereocenters. The molecule has 0 aromatic heterocycles. The smallest absolute Gasteiger partial charge is 0.270 e. The van der Waals surface area contributed by atoms with Crippen molar-refractivity contribution in [1.82, 2.24) is 4.90 Å². The first-order chi connectivity index (χ1) is 14.9. The van der Waals surface area contributed by atoms with Crippen molar-refractivity contribution in [2.24, 2.45) is 0 Å². The van der Waals surface area contributed by atoms with E-state index in [1.54, 1.807) is 23.1 Å². The van der Waals surface area contributed by atoms with Crippen molar-refractivity contribution in [3.8, 4) is 11.5 Å². The molecule has 2 aromatic rings. The summed E-state index contributed by atoms with van der Waals surface area (Å²) in [5.41, 5.74) is 1.03. The average molecular weight is 425 g/mol. The lowest BCUT2D eigenvalue weighted by atomic mass is 10.1. The number of hydrogen-bond donors (Lipinski definition) is 1. The second-order valence-electron chi connectivity index (χ2n) is 6.93. The molecule has 162 valence electrons. The van der Waals surface area contributed by atoms with E-state index in [-0.39, 0.29) is 11.6 Å². The Morgan fingerprint density at radius 1 is 1.10 bits per heavy atom. The van der Waals surface area contributed by atoms with Gasteiger partial charge in [0.2, 0.25) is 5.91 Å². The molecule has 1 fully saturated rings. The lowest BCUT2D eigenvalue weighted by molar-refractivity contribution is -0.384. The van der Waals surface area contributed by atoms with Gasteiger partial charge in [-0.2, -0.15) is 0 Å². The molecule has 1 aliphatic rings. The number of nitrogens with one attached hydrogen (secondary N) is 1. The van der Waals surface area contributed by atoms with Crippen molar-refractivity contribution in [3.05, 3.63) is 63.7 Å². The third kappa shape index (κ3) is 5.19. The second-order valence-corrected chi connectivity index (χ2v) is 6.93. The van der Waals surface area contributed by atoms with E-state index < -0.39 is 10.8 Å². The molecule has 0 bridgehead atoms. The molecule has 2 aromatic carbocycles. The van der Waals surface area contributed by atoms with Crippen molar-refractivity contribution >= 4 is 29.3 Å². The lowest BCUT2D eigenvalue weighted by Crippen LogP contribution is -2.28. The van der Waals surface area contributed by atoms with Gasteiger partial charge in [-0.1, -0.05) is 12.1 Å². The molecule has 0 atom stereocenters. The van der Waals surface area contributed by atoms with Crippen molar-refractivity contribution in [2.45, 2.75) is 12.8 Å². The van der Waals surface area contributed by atoms with E-state index in [9.17, 15) is 19.7 Å². The van der Waals surface area contributed by atoms with E-state index in [1.165, 1.54) is 44.6 Å². The van der Waals surface area contributed by atoms with E-state index in [4.69, 9.17) is 9.47 Å². The van der Waals surface area contributed by atoms with Crippen molar-refractivity contribution in [2.75, 3.05) is 32.6 Å². The van der Waals surface area contributed by atoms with E-state index in [2.05, 4.69) is 5.32 Å². The largest absolute Gasteiger partial charge is 0.493 e. The topological polar surface area (TPSA) is 111 Å². The van der Waals surface area contributed by atoms with Gasteiger partial charge in [0.25, 0.3) is 11.6 Å². The minimum atomic E-state index is -0.503. The highest BCUT2D eigenvalue weighted by Crippen LogP contribution is 2.34. The van der Waals surface area contributed by atoms with Gasteiger partial charge >= 0.3 is 0 Å². The fourth-order valence-electron chi connectivity index (χ4n) is 3.34. The van der Waals surface area contributed by atoms with Gasteiger partial charge in [0, 0.05) is 37.4 Å². The number of nitro groups is 1. The average Bonchev–Trinajstić information content (AvgIpc) is 3.32. The van der Waals surface area contributed by atoms with Crippen LogP contribution in [0.5, 0.6) is 11.5 Å². The Morgan fingerprint density at radius 2 is 1.77 bits per heavy atom. The van der Waals surface area contributed by atoms with E-state index in [0.29, 0.717) is 41.4 Å². The fraction of sp³-hybridized carbons (Fsp3) is 0.273. The minimum Gasteiger partial charge on any atom is -0.493 e. The molecule has 1 aliphatic heterocycles. The lowest BCUT2D eigenvalue weighted by Gasteiger charge is -2.19. The molecular weight excluding hydrogens is 402 g/mol. The van der Waals surface area contributed by atoms with Crippen LogP contribution in [0.1, 0.15) is 28.8 Å². The molecule has 9 nitrogen and oxygen atoms in total. The summed E-state index contributed by atoms with van der Waals surface area (Å²) in [5.74, 6) is 0.0687. The maximum absolute atomic E-state index is 13.0. The van der Waals surface area contributed by atoms with Crippen LogP contribution < -0.4 is 14.8 Å². The molecule has 2 amide bonds. The number of nitro benzene ring substituents is 1. The van der Waals surface area contributed by atoms with Crippen molar-refractivity contribution < 1.29 is 24.0 Å². The summed E-state index contributed by atoms with van der Waals surface area (Å²) in [7, 11) is 2.94. The molecule has 0 saturated carbocycles. The summed E-state index contributed by atoms with van der Waals surface area (Å²) < 4.78 is 10.6. The second kappa shape index (κ2) is 9.75. The zero-order valence-electron chi connectivity index (χ0n) is 17.3. The maximum atomic E-state index is 13.0. The van der Waals surface area contributed by atoms with Gasteiger partial charge in [0.15, 0.2) is 11.5 Å². The molecule has 31 heavy (non-hydrogen) atoms. The standard InChI is InChI=1S/C22H23N3O6/c1-30-19-13-17(22(27)24-10-3-4-11-24)18(14-20(19)31-2)23-21(26)9-8-15-6-5-7-16(12-15)25(28)29/h5-9,12-14H,3-4,10-11H2,1-2H3,(H,23,26)/b9-8+. The van der Waals surface area contributed by atoms with E-state index in [0.717, 1.165) is 12.8 Å². The number of carbonyl (C=O) groups excluding carboxylic acids is 2. The van der Waals surface area contributed by atoms with Crippen LogP contribution in [0.25, 0.3) is 6.08 Å². The molecule has 3 rings (SSSR count). The van der Waals surface area contributed by atoms with E-state index in [1.807, 2.05) is 0 Å². The Bertz CT molecular complexity index is 1030. The van der Waals surface area contributed by atoms with Gasteiger partial charge in [-0.25, -0.2) is 0 Å². The summed E-state index contributed by atoms with van der Waals surface area (Å²) in [6.45, 7) is 1.32. The predicted molar refractivity (Wildman–Crippen MR) is 115 cm³/mol. The quantitative estimate of drug-likeness (QED) is 0.413. The highest BCUT2D eigenvalue weighted by atomic mass is 16.6. The van der Waals surface area contributed by atoms with E-state index >= 15 is 0 Å². The number of nitrogens with zero attached hydrogens (tertiary/aromatic N) is 2. The number of ether oxygens (including phenoxy) is 2. The van der Waals surface area contributed by atoms with Crippen molar-refractivity contribution in [1.29, 1.82) is 0 Å². The van der Waals surface area contributed by atoms with Crippen LogP contribution in [-0.4, -0.2) is 48.9 Å². The Labute approximate surface area is 179 Å².